The molecule has 0 saturated heterocycles. The molecule has 0 radical (unpaired) electrons. The van der Waals surface area contributed by atoms with Crippen LogP contribution in [0.3, 0.4) is 0 Å². The Morgan fingerprint density at radius 2 is 0.983 bits per heavy atom. The van der Waals surface area contributed by atoms with E-state index in [9.17, 15) is 19.2 Å². The molecule has 0 saturated carbocycles. The highest BCUT2D eigenvalue weighted by Crippen LogP contribution is 2.26. The Balaban J connectivity index is 1.06. The van der Waals surface area contributed by atoms with E-state index in [2.05, 4.69) is 57.7 Å². The SMILES string of the molecule is C=C(C)C(=O)NCCCNC(=O)C(CCCCNC(=O)c1cncc(-c2cncc(-c3cccnc3)c2)c1)NC(=O)c1cncc(-c2cncc(-c3cccnc3)c2)c1. The molecule has 0 bridgehead atoms. The van der Waals surface area contributed by atoms with Crippen LogP contribution < -0.4 is 21.3 Å². The number of nitrogens with one attached hydrogen (secondary N) is 4. The van der Waals surface area contributed by atoms with Gasteiger partial charge in [-0.1, -0.05) is 18.7 Å². The zero-order valence-corrected chi connectivity index (χ0v) is 32.6. The van der Waals surface area contributed by atoms with E-state index in [0.717, 1.165) is 38.9 Å². The molecule has 6 aromatic heterocycles. The predicted octanol–water partition coefficient (Wildman–Crippen LogP) is 5.62. The number of nitrogens with zero attached hydrogens (tertiary/aromatic N) is 6. The molecule has 0 aliphatic rings. The van der Waals surface area contributed by atoms with Gasteiger partial charge in [0, 0.05) is 144 Å². The molecule has 6 aromatic rings. The number of pyridine rings is 6. The summed E-state index contributed by atoms with van der Waals surface area (Å²) in [4.78, 5) is 77.8. The molecule has 59 heavy (non-hydrogen) atoms. The van der Waals surface area contributed by atoms with Crippen molar-refractivity contribution in [2.75, 3.05) is 19.6 Å². The van der Waals surface area contributed by atoms with E-state index < -0.39 is 11.9 Å². The van der Waals surface area contributed by atoms with Gasteiger partial charge in [-0.05, 0) is 69.0 Å². The van der Waals surface area contributed by atoms with Crippen LogP contribution in [0.2, 0.25) is 0 Å². The summed E-state index contributed by atoms with van der Waals surface area (Å²) in [7, 11) is 0. The summed E-state index contributed by atoms with van der Waals surface area (Å²) < 4.78 is 0. The Labute approximate surface area is 342 Å². The van der Waals surface area contributed by atoms with Gasteiger partial charge in [0.05, 0.1) is 11.1 Å². The molecule has 4 amide bonds. The number of amides is 4. The molecule has 0 fully saturated rings. The van der Waals surface area contributed by atoms with Crippen LogP contribution in [0.1, 0.15) is 53.3 Å². The van der Waals surface area contributed by atoms with Gasteiger partial charge < -0.3 is 21.3 Å². The molecule has 1 unspecified atom stereocenters. The maximum Gasteiger partial charge on any atom is 0.253 e. The molecule has 298 valence electrons. The first-order valence-electron chi connectivity index (χ1n) is 19.2. The number of rotatable bonds is 18. The molecule has 0 spiro atoms. The van der Waals surface area contributed by atoms with Crippen molar-refractivity contribution in [3.63, 3.8) is 0 Å². The van der Waals surface area contributed by atoms with Gasteiger partial charge in [-0.25, -0.2) is 0 Å². The second-order valence-corrected chi connectivity index (χ2v) is 13.8. The van der Waals surface area contributed by atoms with Crippen molar-refractivity contribution in [2.24, 2.45) is 0 Å². The van der Waals surface area contributed by atoms with Crippen LogP contribution in [0.15, 0.2) is 135 Å². The Morgan fingerprint density at radius 3 is 1.51 bits per heavy atom. The van der Waals surface area contributed by atoms with Crippen LogP contribution >= 0.6 is 0 Å². The van der Waals surface area contributed by atoms with Crippen molar-refractivity contribution >= 4 is 23.6 Å². The molecule has 0 aliphatic carbocycles. The van der Waals surface area contributed by atoms with E-state index in [4.69, 9.17) is 0 Å². The lowest BCUT2D eigenvalue weighted by molar-refractivity contribution is -0.123. The molecule has 1 atom stereocenters. The normalized spacial score (nSPS) is 11.2. The minimum absolute atomic E-state index is 0.253. The largest absolute Gasteiger partial charge is 0.354 e. The smallest absolute Gasteiger partial charge is 0.253 e. The molecule has 14 nitrogen and oxygen atoms in total. The third-order valence-electron chi connectivity index (χ3n) is 9.29. The molecular weight excluding hydrogens is 745 g/mol. The van der Waals surface area contributed by atoms with E-state index in [0.29, 0.717) is 55.5 Å². The van der Waals surface area contributed by atoms with Crippen molar-refractivity contribution in [1.29, 1.82) is 0 Å². The average Bonchev–Trinajstić information content (AvgIpc) is 3.28. The highest BCUT2D eigenvalue weighted by molar-refractivity contribution is 5.98. The summed E-state index contributed by atoms with van der Waals surface area (Å²) in [6, 6.07) is 14.1. The van der Waals surface area contributed by atoms with Crippen LogP contribution in [0, 0.1) is 0 Å². The first kappa shape index (κ1) is 41.2. The quantitative estimate of drug-likeness (QED) is 0.0627. The first-order chi connectivity index (χ1) is 28.7. The summed E-state index contributed by atoms with van der Waals surface area (Å²) in [6.45, 7) is 6.22. The fourth-order valence-electron chi connectivity index (χ4n) is 6.09. The first-order valence-corrected chi connectivity index (χ1v) is 19.2. The van der Waals surface area contributed by atoms with Gasteiger partial charge in [-0.15, -0.1) is 0 Å². The number of hydrogen-bond donors (Lipinski definition) is 4. The summed E-state index contributed by atoms with van der Waals surface area (Å²) >= 11 is 0. The van der Waals surface area contributed by atoms with Crippen LogP contribution in [-0.2, 0) is 9.59 Å². The lowest BCUT2D eigenvalue weighted by Gasteiger charge is -2.19. The number of carbonyl (C=O) groups is 4. The fourth-order valence-corrected chi connectivity index (χ4v) is 6.09. The van der Waals surface area contributed by atoms with E-state index in [-0.39, 0.29) is 29.8 Å². The molecule has 6 rings (SSSR count). The highest BCUT2D eigenvalue weighted by atomic mass is 16.2. The van der Waals surface area contributed by atoms with Crippen LogP contribution in [0.4, 0.5) is 0 Å². The molecule has 0 aliphatic heterocycles. The average molecular weight is 789 g/mol. The molecular formula is C45H44N10O4. The Kier molecular flexibility index (Phi) is 14.4. The maximum atomic E-state index is 13.6. The van der Waals surface area contributed by atoms with E-state index in [1.807, 2.05) is 36.4 Å². The monoisotopic (exact) mass is 788 g/mol. The van der Waals surface area contributed by atoms with Crippen molar-refractivity contribution in [2.45, 2.75) is 38.6 Å². The third-order valence-corrected chi connectivity index (χ3v) is 9.29. The van der Waals surface area contributed by atoms with Crippen LogP contribution in [0.25, 0.3) is 44.5 Å². The van der Waals surface area contributed by atoms with Gasteiger partial charge >= 0.3 is 0 Å². The van der Waals surface area contributed by atoms with Crippen molar-refractivity contribution in [3.8, 4) is 44.5 Å². The maximum absolute atomic E-state index is 13.6. The number of carbonyl (C=O) groups excluding carboxylic acids is 4. The van der Waals surface area contributed by atoms with Crippen molar-refractivity contribution in [1.82, 2.24) is 51.2 Å². The number of aromatic nitrogens is 6. The predicted molar refractivity (Wildman–Crippen MR) is 224 cm³/mol. The van der Waals surface area contributed by atoms with Crippen molar-refractivity contribution < 1.29 is 19.2 Å². The zero-order valence-electron chi connectivity index (χ0n) is 32.6. The second kappa shape index (κ2) is 20.6. The van der Waals surface area contributed by atoms with Gasteiger partial charge in [0.2, 0.25) is 11.8 Å². The summed E-state index contributed by atoms with van der Waals surface area (Å²) in [6.07, 6.45) is 22.0. The lowest BCUT2D eigenvalue weighted by atomic mass is 10.0. The topological polar surface area (TPSA) is 194 Å². The van der Waals surface area contributed by atoms with Gasteiger partial charge in [-0.3, -0.25) is 49.1 Å². The van der Waals surface area contributed by atoms with E-state index >= 15 is 0 Å². The fraction of sp³-hybridized carbons (Fsp3) is 0.200. The number of hydrogen-bond acceptors (Lipinski definition) is 10. The van der Waals surface area contributed by atoms with Gasteiger partial charge in [0.15, 0.2) is 0 Å². The Morgan fingerprint density at radius 1 is 0.525 bits per heavy atom. The van der Waals surface area contributed by atoms with Gasteiger partial charge in [0.1, 0.15) is 6.04 Å². The van der Waals surface area contributed by atoms with Crippen LogP contribution in [-0.4, -0.2) is 79.2 Å². The van der Waals surface area contributed by atoms with E-state index in [1.54, 1.807) is 81.0 Å². The summed E-state index contributed by atoms with van der Waals surface area (Å²) in [5, 5.41) is 11.4. The second-order valence-electron chi connectivity index (χ2n) is 13.8. The minimum atomic E-state index is -0.876. The summed E-state index contributed by atoms with van der Waals surface area (Å²) in [5.74, 6) is -1.37. The molecule has 6 heterocycles. The van der Waals surface area contributed by atoms with E-state index in [1.165, 1.54) is 12.4 Å². The molecule has 14 heteroatoms. The van der Waals surface area contributed by atoms with Gasteiger partial charge in [0.25, 0.3) is 11.8 Å². The minimum Gasteiger partial charge on any atom is -0.354 e. The summed E-state index contributed by atoms with van der Waals surface area (Å²) in [5.41, 5.74) is 7.66. The van der Waals surface area contributed by atoms with Gasteiger partial charge in [-0.2, -0.15) is 0 Å². The Bertz CT molecular complexity index is 2410. The number of unbranched alkanes of at least 4 members (excludes halogenated alkanes) is 1. The Hall–Kier alpha value is -7.48. The third kappa shape index (κ3) is 11.8. The molecule has 0 aromatic carbocycles. The highest BCUT2D eigenvalue weighted by Gasteiger charge is 2.22. The molecule has 4 N–H and O–H groups in total. The zero-order chi connectivity index (χ0) is 41.4. The van der Waals surface area contributed by atoms with Crippen LogP contribution in [0.5, 0.6) is 0 Å². The standard InChI is InChI=1S/C45H44N10O4/c1-30(2)42(56)52-14-7-15-54-45(59)41(55-44(58)40-19-38(27-51-29-40)36-17-34(23-49-25-36)32-9-6-12-47-21-32)10-3-4-13-53-43(57)39-18-37(26-50-28-39)35-16-33(22-48-24-35)31-8-5-11-46-20-31/h5-6,8-9,11-12,16-29,41H,1,3-4,7,10,13-15H2,2H3,(H,52,56)(H,53,57)(H,54,59)(H,55,58). The van der Waals surface area contributed by atoms with Crippen molar-refractivity contribution in [3.05, 3.63) is 146 Å². The lowest BCUT2D eigenvalue weighted by Crippen LogP contribution is -2.47.